The fourth-order valence-electron chi connectivity index (χ4n) is 3.19. The number of rotatable bonds is 20. The summed E-state index contributed by atoms with van der Waals surface area (Å²) >= 11 is 0. The van der Waals surface area contributed by atoms with Gasteiger partial charge in [0.25, 0.3) is 0 Å². The molecule has 1 atom stereocenters. The van der Waals surface area contributed by atoms with Crippen molar-refractivity contribution in [3.63, 3.8) is 0 Å². The molecule has 0 heterocycles. The smallest absolute Gasteiger partial charge is 0.307 e. The highest BCUT2D eigenvalue weighted by atomic mass is 16.4. The Labute approximate surface area is 174 Å². The molecule has 7 heteroatoms. The van der Waals surface area contributed by atoms with E-state index < -0.39 is 17.9 Å². The number of unbranched alkanes of at least 4 members (excludes halogenated alkanes) is 7. The molecule has 0 radical (unpaired) electrons. The lowest BCUT2D eigenvalue weighted by Gasteiger charge is -2.12. The molecule has 0 spiro atoms. The molecule has 1 amide bonds. The van der Waals surface area contributed by atoms with Gasteiger partial charge in [-0.15, -0.1) is 0 Å². The first kappa shape index (κ1) is 27.1. The number of carboxylic acid groups (broad SMARTS) is 2. The molecule has 0 aromatic heterocycles. The van der Waals surface area contributed by atoms with Crippen LogP contribution in [0.25, 0.3) is 0 Å². The van der Waals surface area contributed by atoms with Crippen LogP contribution < -0.4 is 5.32 Å². The molecule has 0 aliphatic rings. The van der Waals surface area contributed by atoms with Gasteiger partial charge in [-0.1, -0.05) is 51.9 Å². The zero-order valence-electron chi connectivity index (χ0n) is 17.9. The number of carbonyl (C=O) groups is 4. The first-order valence-electron chi connectivity index (χ1n) is 11.1. The quantitative estimate of drug-likeness (QED) is 0.255. The van der Waals surface area contributed by atoms with E-state index in [9.17, 15) is 24.3 Å². The molecule has 0 fully saturated rings. The van der Waals surface area contributed by atoms with Crippen LogP contribution in [0.3, 0.4) is 0 Å². The number of hydrogen-bond donors (Lipinski definition) is 3. The van der Waals surface area contributed by atoms with Crippen LogP contribution in [0.4, 0.5) is 0 Å². The van der Waals surface area contributed by atoms with Gasteiger partial charge in [0.1, 0.15) is 5.78 Å². The standard InChI is InChI=1S/C22H39NO6/c1-2-3-4-5-6-9-13-19(24)14-10-7-8-12-18(22(28)29)17-20(25)23-16-11-15-21(26)27/h18H,2-17H2,1H3,(H,23,25)(H,26,27)(H,28,29)/t18-/m1/s1. The Kier molecular flexibility index (Phi) is 16.9. The van der Waals surface area contributed by atoms with Crippen LogP contribution in [0.1, 0.15) is 103 Å². The number of Topliss-reactive ketones (excluding diaryl/α,β-unsaturated/α-hetero) is 1. The summed E-state index contributed by atoms with van der Waals surface area (Å²) in [5.41, 5.74) is 0. The molecule has 0 rings (SSSR count). The van der Waals surface area contributed by atoms with Gasteiger partial charge in [0.15, 0.2) is 0 Å². The summed E-state index contributed by atoms with van der Waals surface area (Å²) < 4.78 is 0. The van der Waals surface area contributed by atoms with E-state index in [1.54, 1.807) is 0 Å². The van der Waals surface area contributed by atoms with Gasteiger partial charge in [-0.05, 0) is 25.7 Å². The maximum atomic E-state index is 11.9. The molecule has 7 nitrogen and oxygen atoms in total. The molecular formula is C22H39NO6. The van der Waals surface area contributed by atoms with Crippen molar-refractivity contribution in [1.29, 1.82) is 0 Å². The van der Waals surface area contributed by atoms with E-state index in [-0.39, 0.29) is 31.1 Å². The summed E-state index contributed by atoms with van der Waals surface area (Å²) in [6.45, 7) is 2.42. The molecule has 0 aromatic rings. The first-order valence-corrected chi connectivity index (χ1v) is 11.1. The number of aliphatic carboxylic acids is 2. The Morgan fingerprint density at radius 2 is 1.34 bits per heavy atom. The summed E-state index contributed by atoms with van der Waals surface area (Å²) in [6.07, 6.45) is 11.0. The Morgan fingerprint density at radius 1 is 0.759 bits per heavy atom. The molecular weight excluding hydrogens is 374 g/mol. The number of carboxylic acids is 2. The number of nitrogens with one attached hydrogen (secondary N) is 1. The molecule has 168 valence electrons. The summed E-state index contributed by atoms with van der Waals surface area (Å²) in [4.78, 5) is 45.4. The number of hydrogen-bond acceptors (Lipinski definition) is 4. The average Bonchev–Trinajstić information content (AvgIpc) is 2.66. The van der Waals surface area contributed by atoms with Gasteiger partial charge in [-0.2, -0.15) is 0 Å². The van der Waals surface area contributed by atoms with Gasteiger partial charge in [-0.3, -0.25) is 19.2 Å². The normalized spacial score (nSPS) is 11.8. The molecule has 3 N–H and O–H groups in total. The minimum atomic E-state index is -0.996. The molecule has 0 bridgehead atoms. The third-order valence-corrected chi connectivity index (χ3v) is 4.99. The molecule has 0 saturated heterocycles. The van der Waals surface area contributed by atoms with Crippen LogP contribution >= 0.6 is 0 Å². The fourth-order valence-corrected chi connectivity index (χ4v) is 3.19. The fraction of sp³-hybridized carbons (Fsp3) is 0.818. The lowest BCUT2D eigenvalue weighted by Crippen LogP contribution is -2.29. The second-order valence-electron chi connectivity index (χ2n) is 7.74. The van der Waals surface area contributed by atoms with Crippen molar-refractivity contribution in [2.24, 2.45) is 5.92 Å². The topological polar surface area (TPSA) is 121 Å². The second kappa shape index (κ2) is 18.1. The maximum absolute atomic E-state index is 11.9. The van der Waals surface area contributed by atoms with E-state index in [1.807, 2.05) is 0 Å². The number of ketones is 1. The first-order chi connectivity index (χ1) is 13.9. The maximum Gasteiger partial charge on any atom is 0.307 e. The SMILES string of the molecule is CCCCCCCCC(=O)CCCCC[C@H](CC(=O)NCCCC(=O)O)C(=O)O. The summed E-state index contributed by atoms with van der Waals surface area (Å²) in [5.74, 6) is -2.74. The molecule has 29 heavy (non-hydrogen) atoms. The molecule has 0 unspecified atom stereocenters. The average molecular weight is 414 g/mol. The summed E-state index contributed by atoms with van der Waals surface area (Å²) in [7, 11) is 0. The number of amides is 1. The van der Waals surface area contributed by atoms with Crippen LogP contribution in [0, 0.1) is 5.92 Å². The Morgan fingerprint density at radius 3 is 1.93 bits per heavy atom. The van der Waals surface area contributed by atoms with Crippen LogP contribution in [0.15, 0.2) is 0 Å². The molecule has 0 aliphatic heterocycles. The van der Waals surface area contributed by atoms with E-state index in [0.29, 0.717) is 32.1 Å². The van der Waals surface area contributed by atoms with E-state index in [2.05, 4.69) is 12.2 Å². The van der Waals surface area contributed by atoms with Gasteiger partial charge in [0.2, 0.25) is 5.91 Å². The largest absolute Gasteiger partial charge is 0.481 e. The van der Waals surface area contributed by atoms with Crippen molar-refractivity contribution >= 4 is 23.6 Å². The second-order valence-corrected chi connectivity index (χ2v) is 7.74. The predicted molar refractivity (Wildman–Crippen MR) is 112 cm³/mol. The van der Waals surface area contributed by atoms with Crippen molar-refractivity contribution in [2.75, 3.05) is 6.54 Å². The van der Waals surface area contributed by atoms with Crippen molar-refractivity contribution in [3.05, 3.63) is 0 Å². The third-order valence-electron chi connectivity index (χ3n) is 4.99. The van der Waals surface area contributed by atoms with Crippen molar-refractivity contribution in [3.8, 4) is 0 Å². The highest BCUT2D eigenvalue weighted by molar-refractivity contribution is 5.82. The minimum Gasteiger partial charge on any atom is -0.481 e. The number of carbonyl (C=O) groups excluding carboxylic acids is 2. The highest BCUT2D eigenvalue weighted by Crippen LogP contribution is 2.16. The van der Waals surface area contributed by atoms with Crippen molar-refractivity contribution < 1.29 is 29.4 Å². The van der Waals surface area contributed by atoms with E-state index in [0.717, 1.165) is 25.7 Å². The summed E-state index contributed by atoms with van der Waals surface area (Å²) in [6, 6.07) is 0. The van der Waals surface area contributed by atoms with Gasteiger partial charge < -0.3 is 15.5 Å². The monoisotopic (exact) mass is 413 g/mol. The van der Waals surface area contributed by atoms with E-state index in [4.69, 9.17) is 5.11 Å². The van der Waals surface area contributed by atoms with Gasteiger partial charge in [0.05, 0.1) is 5.92 Å². The Bertz CT molecular complexity index is 492. The molecule has 0 aromatic carbocycles. The van der Waals surface area contributed by atoms with E-state index >= 15 is 0 Å². The van der Waals surface area contributed by atoms with Gasteiger partial charge in [0, 0.05) is 32.2 Å². The van der Waals surface area contributed by atoms with Crippen molar-refractivity contribution in [1.82, 2.24) is 5.32 Å². The third kappa shape index (κ3) is 17.9. The molecule has 0 aliphatic carbocycles. The predicted octanol–water partition coefficient (Wildman–Crippen LogP) is 4.33. The van der Waals surface area contributed by atoms with Crippen LogP contribution in [0.5, 0.6) is 0 Å². The highest BCUT2D eigenvalue weighted by Gasteiger charge is 2.20. The van der Waals surface area contributed by atoms with Gasteiger partial charge >= 0.3 is 11.9 Å². The van der Waals surface area contributed by atoms with E-state index in [1.165, 1.54) is 25.7 Å². The van der Waals surface area contributed by atoms with Crippen LogP contribution in [-0.2, 0) is 19.2 Å². The van der Waals surface area contributed by atoms with Crippen molar-refractivity contribution in [2.45, 2.75) is 103 Å². The van der Waals surface area contributed by atoms with Crippen LogP contribution in [0.2, 0.25) is 0 Å². The lowest BCUT2D eigenvalue weighted by atomic mass is 9.96. The zero-order valence-corrected chi connectivity index (χ0v) is 17.9. The molecule has 0 saturated carbocycles. The Balaban J connectivity index is 3.80. The minimum absolute atomic E-state index is 0.0276. The zero-order chi connectivity index (χ0) is 21.9. The van der Waals surface area contributed by atoms with Crippen LogP contribution in [-0.4, -0.2) is 40.4 Å². The van der Waals surface area contributed by atoms with Gasteiger partial charge in [-0.25, -0.2) is 0 Å². The summed E-state index contributed by atoms with van der Waals surface area (Å²) in [5, 5.41) is 20.4. The Hall–Kier alpha value is -1.92. The lowest BCUT2D eigenvalue weighted by molar-refractivity contribution is -0.144.